The predicted octanol–water partition coefficient (Wildman–Crippen LogP) is 3.60. The number of hydrogen-bond acceptors (Lipinski definition) is 6. The van der Waals surface area contributed by atoms with Crippen molar-refractivity contribution in [2.75, 3.05) is 31.0 Å². The Hall–Kier alpha value is -2.32. The molecule has 1 aromatic heterocycles. The van der Waals surface area contributed by atoms with Gasteiger partial charge in [0.2, 0.25) is 0 Å². The second-order valence-corrected chi connectivity index (χ2v) is 7.50. The average Bonchev–Trinajstić information content (AvgIpc) is 3.21. The molecule has 1 aliphatic carbocycles. The number of aryl methyl sites for hydroxylation is 1. The van der Waals surface area contributed by atoms with Gasteiger partial charge in [0, 0.05) is 16.6 Å². The van der Waals surface area contributed by atoms with Crippen LogP contribution in [0.3, 0.4) is 0 Å². The Morgan fingerprint density at radius 1 is 1.19 bits per heavy atom. The van der Waals surface area contributed by atoms with E-state index in [1.54, 1.807) is 11.3 Å². The summed E-state index contributed by atoms with van der Waals surface area (Å²) in [6, 6.07) is 5.56. The van der Waals surface area contributed by atoms with Crippen LogP contribution in [0.5, 0.6) is 11.5 Å². The molecule has 0 fully saturated rings. The minimum Gasteiger partial charge on any atom is -0.486 e. The first-order valence-corrected chi connectivity index (χ1v) is 9.58. The fourth-order valence-corrected chi connectivity index (χ4v) is 4.76. The Bertz CT molecular complexity index is 878. The van der Waals surface area contributed by atoms with Crippen LogP contribution < -0.4 is 20.1 Å². The third kappa shape index (κ3) is 3.22. The molecule has 1 aliphatic heterocycles. The summed E-state index contributed by atoms with van der Waals surface area (Å²) in [4.78, 5) is 13.4. The molecular weight excluding hydrogens is 372 g/mol. The molecule has 8 heteroatoms. The summed E-state index contributed by atoms with van der Waals surface area (Å²) >= 11 is 6.99. The molecule has 0 atom stereocenters. The lowest BCUT2D eigenvalue weighted by Gasteiger charge is -2.19. The van der Waals surface area contributed by atoms with Gasteiger partial charge in [0.1, 0.15) is 18.2 Å². The number of carbonyl (C=O) groups excluding carboxylic acids is 1. The molecule has 136 valence electrons. The zero-order chi connectivity index (χ0) is 18.1. The number of carbonyl (C=O) groups is 1. The molecule has 2 N–H and O–H groups in total. The monoisotopic (exact) mass is 390 g/mol. The third-order valence-corrected chi connectivity index (χ3v) is 5.75. The second kappa shape index (κ2) is 7.13. The average molecular weight is 390 g/mol. The van der Waals surface area contributed by atoms with Gasteiger partial charge in [0.25, 0.3) is 0 Å². The van der Waals surface area contributed by atoms with Crippen LogP contribution >= 0.6 is 23.6 Å². The summed E-state index contributed by atoms with van der Waals surface area (Å²) in [5.41, 5.74) is 2.48. The van der Waals surface area contributed by atoms with E-state index in [0.717, 1.165) is 41.3 Å². The van der Waals surface area contributed by atoms with Gasteiger partial charge in [0.05, 0.1) is 12.7 Å². The minimum absolute atomic E-state index is 0.325. The van der Waals surface area contributed by atoms with Gasteiger partial charge >= 0.3 is 5.97 Å². The third-order valence-electron chi connectivity index (χ3n) is 4.34. The van der Waals surface area contributed by atoms with Gasteiger partial charge in [-0.3, -0.25) is 0 Å². The zero-order valence-electron chi connectivity index (χ0n) is 14.2. The van der Waals surface area contributed by atoms with E-state index in [1.807, 2.05) is 18.2 Å². The Morgan fingerprint density at radius 2 is 2.00 bits per heavy atom. The van der Waals surface area contributed by atoms with Crippen LogP contribution in [0.1, 0.15) is 27.2 Å². The predicted molar refractivity (Wildman–Crippen MR) is 105 cm³/mol. The maximum Gasteiger partial charge on any atom is 0.341 e. The van der Waals surface area contributed by atoms with Crippen LogP contribution in [0.15, 0.2) is 18.2 Å². The molecule has 0 radical (unpaired) electrons. The van der Waals surface area contributed by atoms with Gasteiger partial charge in [0.15, 0.2) is 16.6 Å². The Balaban J connectivity index is 1.51. The Morgan fingerprint density at radius 3 is 2.81 bits per heavy atom. The van der Waals surface area contributed by atoms with Crippen LogP contribution in [-0.4, -0.2) is 31.4 Å². The lowest BCUT2D eigenvalue weighted by Crippen LogP contribution is -2.21. The molecular formula is C18H18N2O4S2. The number of anilines is 2. The van der Waals surface area contributed by atoms with Crippen molar-refractivity contribution in [3.63, 3.8) is 0 Å². The van der Waals surface area contributed by atoms with Gasteiger partial charge in [-0.25, -0.2) is 4.79 Å². The van der Waals surface area contributed by atoms with Crippen molar-refractivity contribution >= 4 is 45.3 Å². The molecule has 6 nitrogen and oxygen atoms in total. The number of fused-ring (bicyclic) bond motifs is 2. The highest BCUT2D eigenvalue weighted by Gasteiger charge is 2.27. The van der Waals surface area contributed by atoms with Crippen LogP contribution in [0.25, 0.3) is 0 Å². The van der Waals surface area contributed by atoms with E-state index < -0.39 is 0 Å². The molecule has 4 rings (SSSR count). The zero-order valence-corrected chi connectivity index (χ0v) is 15.9. The quantitative estimate of drug-likeness (QED) is 0.613. The number of esters is 1. The van der Waals surface area contributed by atoms with Crippen LogP contribution in [0.2, 0.25) is 0 Å². The first-order valence-electron chi connectivity index (χ1n) is 8.36. The molecule has 0 bridgehead atoms. The second-order valence-electron chi connectivity index (χ2n) is 5.99. The summed E-state index contributed by atoms with van der Waals surface area (Å²) in [6.07, 6.45) is 2.97. The molecule has 0 saturated heterocycles. The highest BCUT2D eigenvalue weighted by Crippen LogP contribution is 2.39. The molecule has 26 heavy (non-hydrogen) atoms. The molecule has 2 heterocycles. The van der Waals surface area contributed by atoms with Crippen LogP contribution in [-0.2, 0) is 17.6 Å². The summed E-state index contributed by atoms with van der Waals surface area (Å²) in [5.74, 6) is 1.09. The fourth-order valence-electron chi connectivity index (χ4n) is 3.20. The summed E-state index contributed by atoms with van der Waals surface area (Å²) in [7, 11) is 1.40. The number of methoxy groups -OCH3 is 1. The van der Waals surface area contributed by atoms with E-state index in [9.17, 15) is 4.79 Å². The van der Waals surface area contributed by atoms with Crippen molar-refractivity contribution in [3.05, 3.63) is 34.2 Å². The van der Waals surface area contributed by atoms with Crippen molar-refractivity contribution in [1.82, 2.24) is 0 Å². The maximum absolute atomic E-state index is 12.2. The molecule has 0 spiro atoms. The lowest BCUT2D eigenvalue weighted by atomic mass is 10.1. The van der Waals surface area contributed by atoms with Crippen molar-refractivity contribution in [1.29, 1.82) is 0 Å². The maximum atomic E-state index is 12.2. The van der Waals surface area contributed by atoms with Gasteiger partial charge < -0.3 is 24.8 Å². The fraction of sp³-hybridized carbons (Fsp3) is 0.333. The van der Waals surface area contributed by atoms with E-state index in [1.165, 1.54) is 12.0 Å². The van der Waals surface area contributed by atoms with E-state index in [4.69, 9.17) is 26.4 Å². The number of hydrogen-bond donors (Lipinski definition) is 2. The standard InChI is InChI=1S/C18H18N2O4S2/c1-22-17(21)15-11-3-2-4-14(11)26-16(15)20-18(25)19-10-5-6-12-13(9-10)24-8-7-23-12/h5-6,9H,2-4,7-8H2,1H3,(H2,19,20,25). The Labute approximate surface area is 160 Å². The summed E-state index contributed by atoms with van der Waals surface area (Å²) < 4.78 is 16.1. The normalized spacial score (nSPS) is 14.5. The van der Waals surface area contributed by atoms with E-state index in [-0.39, 0.29) is 5.97 Å². The smallest absolute Gasteiger partial charge is 0.341 e. The molecule has 2 aliphatic rings. The molecule has 2 aromatic rings. The lowest BCUT2D eigenvalue weighted by molar-refractivity contribution is 0.0601. The highest BCUT2D eigenvalue weighted by molar-refractivity contribution is 7.80. The van der Waals surface area contributed by atoms with Crippen molar-refractivity contribution in [2.24, 2.45) is 0 Å². The number of thiophene rings is 1. The van der Waals surface area contributed by atoms with Crippen LogP contribution in [0, 0.1) is 0 Å². The molecule has 0 saturated carbocycles. The largest absolute Gasteiger partial charge is 0.486 e. The molecule has 0 amide bonds. The van der Waals surface area contributed by atoms with Crippen molar-refractivity contribution < 1.29 is 19.0 Å². The topological polar surface area (TPSA) is 68.8 Å². The van der Waals surface area contributed by atoms with E-state index in [2.05, 4.69) is 10.6 Å². The number of nitrogens with one attached hydrogen (secondary N) is 2. The summed E-state index contributed by atoms with van der Waals surface area (Å²) in [6.45, 7) is 1.08. The SMILES string of the molecule is COC(=O)c1c(NC(=S)Nc2ccc3c(c2)OCCO3)sc2c1CCC2. The number of rotatable bonds is 3. The number of thiocarbonyl (C=S) groups is 1. The number of benzene rings is 1. The van der Waals surface area contributed by atoms with Crippen molar-refractivity contribution in [2.45, 2.75) is 19.3 Å². The van der Waals surface area contributed by atoms with Gasteiger partial charge in [-0.1, -0.05) is 0 Å². The first kappa shape index (κ1) is 17.1. The van der Waals surface area contributed by atoms with Crippen molar-refractivity contribution in [3.8, 4) is 11.5 Å². The Kier molecular flexibility index (Phi) is 4.69. The number of ether oxygens (including phenoxy) is 3. The van der Waals surface area contributed by atoms with Gasteiger partial charge in [-0.2, -0.15) is 0 Å². The molecule has 1 aromatic carbocycles. The first-order chi connectivity index (χ1) is 12.7. The summed E-state index contributed by atoms with van der Waals surface area (Å²) in [5, 5.41) is 7.42. The van der Waals surface area contributed by atoms with Crippen LogP contribution in [0.4, 0.5) is 10.7 Å². The highest BCUT2D eigenvalue weighted by atomic mass is 32.1. The molecule has 0 unspecified atom stereocenters. The van der Waals surface area contributed by atoms with E-state index in [0.29, 0.717) is 29.6 Å². The van der Waals surface area contributed by atoms with Gasteiger partial charge in [-0.05, 0) is 49.2 Å². The van der Waals surface area contributed by atoms with Gasteiger partial charge in [-0.15, -0.1) is 11.3 Å². The minimum atomic E-state index is -0.325. The van der Waals surface area contributed by atoms with E-state index >= 15 is 0 Å².